The summed E-state index contributed by atoms with van der Waals surface area (Å²) in [6.45, 7) is 3.25. The predicted molar refractivity (Wildman–Crippen MR) is 95.0 cm³/mol. The van der Waals surface area contributed by atoms with Crippen LogP contribution in [0.4, 0.5) is 14.5 Å². The number of alkyl halides is 1. The van der Waals surface area contributed by atoms with Crippen LogP contribution in [0.15, 0.2) is 42.6 Å². The number of likely N-dealkylation sites (tertiary alicyclic amines) is 1. The van der Waals surface area contributed by atoms with E-state index in [4.69, 9.17) is 0 Å². The second-order valence-electron chi connectivity index (χ2n) is 6.99. The molecule has 0 saturated carbocycles. The number of rotatable bonds is 4. The van der Waals surface area contributed by atoms with Crippen molar-refractivity contribution in [3.05, 3.63) is 59.7 Å². The van der Waals surface area contributed by atoms with Gasteiger partial charge >= 0.3 is 0 Å². The molecule has 0 spiro atoms. The molecule has 0 aliphatic carbocycles. The lowest BCUT2D eigenvalue weighted by atomic mass is 10.0. The molecule has 2 aromatic rings. The Morgan fingerprint density at radius 1 is 1.08 bits per heavy atom. The van der Waals surface area contributed by atoms with E-state index < -0.39 is 12.1 Å². The summed E-state index contributed by atoms with van der Waals surface area (Å²) in [5, 5.41) is 0. The van der Waals surface area contributed by atoms with Gasteiger partial charge in [-0.1, -0.05) is 18.2 Å². The Balaban J connectivity index is 1.32. The molecule has 1 aromatic heterocycles. The van der Waals surface area contributed by atoms with Crippen LogP contribution in [0.3, 0.4) is 0 Å². The topological polar surface area (TPSA) is 19.4 Å². The predicted octanol–water partition coefficient (Wildman–Crippen LogP) is 3.76. The molecular formula is C20H23F2N3. The van der Waals surface area contributed by atoms with Crippen LogP contribution in [0.2, 0.25) is 0 Å². The van der Waals surface area contributed by atoms with E-state index in [9.17, 15) is 8.78 Å². The summed E-state index contributed by atoms with van der Waals surface area (Å²) >= 11 is 0. The molecule has 5 heteroatoms. The molecule has 25 heavy (non-hydrogen) atoms. The molecule has 1 atom stereocenters. The Morgan fingerprint density at radius 2 is 1.88 bits per heavy atom. The van der Waals surface area contributed by atoms with E-state index in [1.165, 1.54) is 29.6 Å². The Bertz CT molecular complexity index is 711. The van der Waals surface area contributed by atoms with Crippen molar-refractivity contribution in [1.29, 1.82) is 0 Å². The first-order valence-corrected chi connectivity index (χ1v) is 9.03. The van der Waals surface area contributed by atoms with Crippen LogP contribution in [0.5, 0.6) is 0 Å². The van der Waals surface area contributed by atoms with E-state index in [0.29, 0.717) is 18.2 Å². The number of hydrogen-bond donors (Lipinski definition) is 0. The second kappa shape index (κ2) is 7.08. The number of hydrogen-bond acceptors (Lipinski definition) is 3. The smallest absolute Gasteiger partial charge is 0.212 e. The van der Waals surface area contributed by atoms with E-state index in [0.717, 1.165) is 38.9 Å². The number of anilines is 1. The van der Waals surface area contributed by atoms with Gasteiger partial charge in [0.2, 0.25) is 5.95 Å². The molecule has 1 saturated heterocycles. The second-order valence-corrected chi connectivity index (χ2v) is 6.99. The molecule has 0 radical (unpaired) electrons. The number of halogens is 2. The van der Waals surface area contributed by atoms with Gasteiger partial charge in [0.15, 0.2) is 0 Å². The van der Waals surface area contributed by atoms with Crippen molar-refractivity contribution in [2.75, 3.05) is 31.1 Å². The summed E-state index contributed by atoms with van der Waals surface area (Å²) in [5.74, 6) is -0.567. The highest BCUT2D eigenvalue weighted by Gasteiger charge is 2.29. The van der Waals surface area contributed by atoms with E-state index in [-0.39, 0.29) is 0 Å². The quantitative estimate of drug-likeness (QED) is 0.788. The minimum absolute atomic E-state index is 0.358. The fraction of sp³-hybridized carbons (Fsp3) is 0.450. The lowest BCUT2D eigenvalue weighted by molar-refractivity contribution is 0.156. The third-order valence-corrected chi connectivity index (χ3v) is 5.45. The molecule has 3 heterocycles. The molecular weight excluding hydrogens is 320 g/mol. The summed E-state index contributed by atoms with van der Waals surface area (Å²) in [7, 11) is 0. The van der Waals surface area contributed by atoms with Crippen LogP contribution >= 0.6 is 0 Å². The molecule has 0 bridgehead atoms. The molecule has 0 amide bonds. The number of pyridine rings is 1. The van der Waals surface area contributed by atoms with Gasteiger partial charge in [-0.2, -0.15) is 4.39 Å². The number of piperidine rings is 1. The zero-order valence-corrected chi connectivity index (χ0v) is 14.2. The maximum absolute atomic E-state index is 14.4. The molecule has 3 nitrogen and oxygen atoms in total. The average molecular weight is 343 g/mol. The van der Waals surface area contributed by atoms with Gasteiger partial charge in [0.1, 0.15) is 6.17 Å². The first-order valence-electron chi connectivity index (χ1n) is 9.03. The highest BCUT2D eigenvalue weighted by atomic mass is 19.1. The summed E-state index contributed by atoms with van der Waals surface area (Å²) in [4.78, 5) is 8.25. The van der Waals surface area contributed by atoms with Crippen LogP contribution in [0.25, 0.3) is 0 Å². The maximum Gasteiger partial charge on any atom is 0.212 e. The van der Waals surface area contributed by atoms with Gasteiger partial charge < -0.3 is 4.90 Å². The van der Waals surface area contributed by atoms with Gasteiger partial charge in [-0.25, -0.2) is 9.37 Å². The van der Waals surface area contributed by atoms with Crippen molar-refractivity contribution in [3.63, 3.8) is 0 Å². The highest BCUT2D eigenvalue weighted by molar-refractivity contribution is 5.58. The lowest BCUT2D eigenvalue weighted by Gasteiger charge is -2.38. The largest absolute Gasteiger partial charge is 0.368 e. The van der Waals surface area contributed by atoms with Crippen molar-refractivity contribution in [2.45, 2.75) is 31.5 Å². The number of nitrogens with zero attached hydrogens (tertiary/aromatic N) is 3. The first kappa shape index (κ1) is 16.5. The molecule has 2 aliphatic rings. The molecule has 1 aromatic carbocycles. The van der Waals surface area contributed by atoms with Crippen LogP contribution < -0.4 is 4.90 Å². The average Bonchev–Trinajstić information content (AvgIpc) is 3.07. The monoisotopic (exact) mass is 343 g/mol. The van der Waals surface area contributed by atoms with Crippen molar-refractivity contribution in [1.82, 2.24) is 9.88 Å². The lowest BCUT2D eigenvalue weighted by Crippen LogP contribution is -2.45. The molecule has 4 rings (SSSR count). The zero-order valence-electron chi connectivity index (χ0n) is 14.2. The highest BCUT2D eigenvalue weighted by Crippen LogP contribution is 2.32. The minimum atomic E-state index is -1.11. The number of para-hydroxylation sites is 1. The van der Waals surface area contributed by atoms with Crippen LogP contribution in [-0.4, -0.2) is 42.1 Å². The molecule has 1 unspecified atom stereocenters. The van der Waals surface area contributed by atoms with Crippen LogP contribution in [-0.2, 0) is 6.42 Å². The standard InChI is InChI=1S/C20H23F2N3/c21-18(16-5-6-20(22)23-13-16)14-24-10-8-17(9-11-24)25-12-7-15-3-1-2-4-19(15)25/h1-6,13,17-18H,7-12,14H2. The summed E-state index contributed by atoms with van der Waals surface area (Å²) in [6, 6.07) is 11.9. The normalized spacial score (nSPS) is 19.8. The van der Waals surface area contributed by atoms with E-state index in [1.807, 2.05) is 0 Å². The third kappa shape index (κ3) is 3.52. The minimum Gasteiger partial charge on any atom is -0.368 e. The summed E-state index contributed by atoms with van der Waals surface area (Å²) < 4.78 is 27.3. The number of fused-ring (bicyclic) bond motifs is 1. The van der Waals surface area contributed by atoms with Gasteiger partial charge in [-0.3, -0.25) is 4.90 Å². The van der Waals surface area contributed by atoms with Gasteiger partial charge in [-0.15, -0.1) is 0 Å². The van der Waals surface area contributed by atoms with Gasteiger partial charge in [0.05, 0.1) is 0 Å². The van der Waals surface area contributed by atoms with Gasteiger partial charge in [-0.05, 0) is 43.0 Å². The van der Waals surface area contributed by atoms with E-state index >= 15 is 0 Å². The van der Waals surface area contributed by atoms with Crippen molar-refractivity contribution in [2.24, 2.45) is 0 Å². The molecule has 132 valence electrons. The Hall–Kier alpha value is -2.01. The zero-order chi connectivity index (χ0) is 17.2. The van der Waals surface area contributed by atoms with Crippen LogP contribution in [0.1, 0.15) is 30.1 Å². The Morgan fingerprint density at radius 3 is 2.64 bits per heavy atom. The van der Waals surface area contributed by atoms with E-state index in [2.05, 4.69) is 39.0 Å². The van der Waals surface area contributed by atoms with E-state index in [1.54, 1.807) is 0 Å². The first-order chi connectivity index (χ1) is 12.2. The third-order valence-electron chi connectivity index (χ3n) is 5.45. The van der Waals surface area contributed by atoms with Crippen LogP contribution in [0, 0.1) is 5.95 Å². The summed E-state index contributed by atoms with van der Waals surface area (Å²) in [6.07, 6.45) is 3.43. The van der Waals surface area contributed by atoms with Gasteiger partial charge in [0.25, 0.3) is 0 Å². The van der Waals surface area contributed by atoms with Gasteiger partial charge in [0, 0.05) is 49.7 Å². The Kier molecular flexibility index (Phi) is 4.66. The summed E-state index contributed by atoms with van der Waals surface area (Å²) in [5.41, 5.74) is 3.27. The fourth-order valence-electron chi connectivity index (χ4n) is 4.06. The SMILES string of the molecule is Fc1ccc(C(F)CN2CCC(N3CCc4ccccc43)CC2)cn1. The van der Waals surface area contributed by atoms with Crippen molar-refractivity contribution < 1.29 is 8.78 Å². The molecule has 0 N–H and O–H groups in total. The molecule has 1 fully saturated rings. The fourth-order valence-corrected chi connectivity index (χ4v) is 4.06. The number of aromatic nitrogens is 1. The van der Waals surface area contributed by atoms with Crippen molar-refractivity contribution in [3.8, 4) is 0 Å². The maximum atomic E-state index is 14.4. The number of benzene rings is 1. The van der Waals surface area contributed by atoms with Crippen molar-refractivity contribution >= 4 is 5.69 Å². The Labute approximate surface area is 147 Å². The molecule has 2 aliphatic heterocycles.